The Morgan fingerprint density at radius 1 is 1.23 bits per heavy atom. The largest absolute Gasteiger partial charge is 0.355 e. The maximum atomic E-state index is 12.5. The van der Waals surface area contributed by atoms with Gasteiger partial charge in [-0.2, -0.15) is 0 Å². The van der Waals surface area contributed by atoms with Gasteiger partial charge in [0.1, 0.15) is 5.41 Å². The number of carbonyl (C=O) groups excluding carboxylic acids is 2. The monoisotopic (exact) mass is 322 g/mol. The normalized spacial score (nSPS) is 15.5. The van der Waals surface area contributed by atoms with Crippen LogP contribution in [0.1, 0.15) is 37.8 Å². The van der Waals surface area contributed by atoms with Crippen LogP contribution in [-0.4, -0.2) is 18.4 Å². The van der Waals surface area contributed by atoms with Crippen molar-refractivity contribution >= 4 is 29.1 Å². The quantitative estimate of drug-likeness (QED) is 0.816. The number of aryl methyl sites for hydroxylation is 2. The van der Waals surface area contributed by atoms with E-state index in [4.69, 9.17) is 11.6 Å². The molecule has 0 radical (unpaired) electrons. The lowest BCUT2D eigenvalue weighted by atomic mass is 10.0. The number of anilines is 1. The highest BCUT2D eigenvalue weighted by molar-refractivity contribution is 6.34. The highest BCUT2D eigenvalue weighted by atomic mass is 35.5. The Morgan fingerprint density at radius 2 is 1.86 bits per heavy atom. The van der Waals surface area contributed by atoms with Crippen molar-refractivity contribution in [3.8, 4) is 0 Å². The molecule has 0 heterocycles. The van der Waals surface area contributed by atoms with E-state index in [9.17, 15) is 9.59 Å². The van der Waals surface area contributed by atoms with Gasteiger partial charge in [-0.25, -0.2) is 0 Å². The number of hydrogen-bond acceptors (Lipinski definition) is 2. The second-order valence-corrected chi connectivity index (χ2v) is 6.99. The lowest BCUT2D eigenvalue weighted by Gasteiger charge is -2.18. The lowest BCUT2D eigenvalue weighted by molar-refractivity contribution is -0.134. The Labute approximate surface area is 136 Å². The summed E-state index contributed by atoms with van der Waals surface area (Å²) in [6.07, 6.45) is 1.18. The summed E-state index contributed by atoms with van der Waals surface area (Å²) in [7, 11) is 0. The zero-order chi connectivity index (χ0) is 16.5. The third-order valence-electron chi connectivity index (χ3n) is 3.96. The van der Waals surface area contributed by atoms with E-state index in [1.54, 1.807) is 0 Å². The summed E-state index contributed by atoms with van der Waals surface area (Å²) in [5, 5.41) is 6.21. The van der Waals surface area contributed by atoms with Crippen molar-refractivity contribution in [2.45, 2.75) is 40.5 Å². The van der Waals surface area contributed by atoms with Gasteiger partial charge in [0, 0.05) is 6.54 Å². The van der Waals surface area contributed by atoms with Crippen molar-refractivity contribution in [1.82, 2.24) is 5.32 Å². The molecule has 1 fully saturated rings. The van der Waals surface area contributed by atoms with Gasteiger partial charge in [0.05, 0.1) is 10.7 Å². The molecular formula is C17H23ClN2O2. The van der Waals surface area contributed by atoms with E-state index in [2.05, 4.69) is 10.6 Å². The fourth-order valence-corrected chi connectivity index (χ4v) is 2.82. The van der Waals surface area contributed by atoms with E-state index in [0.717, 1.165) is 11.1 Å². The van der Waals surface area contributed by atoms with Gasteiger partial charge in [0.15, 0.2) is 0 Å². The van der Waals surface area contributed by atoms with Crippen LogP contribution in [0.5, 0.6) is 0 Å². The summed E-state index contributed by atoms with van der Waals surface area (Å²) < 4.78 is 0. The average Bonchev–Trinajstić information content (AvgIpc) is 3.21. The van der Waals surface area contributed by atoms with E-state index >= 15 is 0 Å². The van der Waals surface area contributed by atoms with Gasteiger partial charge in [-0.15, -0.1) is 0 Å². The minimum absolute atomic E-state index is 0.181. The summed E-state index contributed by atoms with van der Waals surface area (Å²) >= 11 is 6.22. The van der Waals surface area contributed by atoms with Crippen LogP contribution in [0.4, 0.5) is 5.69 Å². The predicted molar refractivity (Wildman–Crippen MR) is 89.1 cm³/mol. The molecule has 0 unspecified atom stereocenters. The number of amides is 2. The fraction of sp³-hybridized carbons (Fsp3) is 0.529. The second-order valence-electron chi connectivity index (χ2n) is 6.58. The van der Waals surface area contributed by atoms with Crippen molar-refractivity contribution in [3.63, 3.8) is 0 Å². The van der Waals surface area contributed by atoms with Crippen molar-refractivity contribution in [2.75, 3.05) is 11.9 Å². The van der Waals surface area contributed by atoms with Crippen LogP contribution in [0.3, 0.4) is 0 Å². The number of benzene rings is 1. The van der Waals surface area contributed by atoms with Crippen molar-refractivity contribution < 1.29 is 9.59 Å². The molecule has 22 heavy (non-hydrogen) atoms. The Hall–Kier alpha value is -1.55. The van der Waals surface area contributed by atoms with Gasteiger partial charge in [-0.05, 0) is 49.8 Å². The van der Waals surface area contributed by atoms with Crippen LogP contribution in [0.15, 0.2) is 12.1 Å². The molecule has 0 spiro atoms. The highest BCUT2D eigenvalue weighted by Crippen LogP contribution is 2.47. The Kier molecular flexibility index (Phi) is 4.81. The summed E-state index contributed by atoms with van der Waals surface area (Å²) in [5.41, 5.74) is 1.61. The summed E-state index contributed by atoms with van der Waals surface area (Å²) in [6.45, 7) is 8.47. The number of rotatable bonds is 5. The second kappa shape index (κ2) is 6.29. The van der Waals surface area contributed by atoms with Gasteiger partial charge in [-0.1, -0.05) is 31.5 Å². The average molecular weight is 323 g/mol. The number of hydrogen-bond donors (Lipinski definition) is 2. The standard InChI is InChI=1S/C17H23ClN2O2/c1-10(2)9-19-15(21)17(5-6-17)16(22)20-14-12(4)7-11(3)8-13(14)18/h7-8,10H,5-6,9H2,1-4H3,(H,19,21)(H,20,22). The van der Waals surface area contributed by atoms with E-state index in [-0.39, 0.29) is 11.8 Å². The number of halogens is 1. The smallest absolute Gasteiger partial charge is 0.240 e. The third kappa shape index (κ3) is 3.43. The van der Waals surface area contributed by atoms with E-state index < -0.39 is 5.41 Å². The van der Waals surface area contributed by atoms with Crippen molar-refractivity contribution in [1.29, 1.82) is 0 Å². The molecule has 0 aromatic heterocycles. The molecule has 0 atom stereocenters. The maximum absolute atomic E-state index is 12.5. The fourth-order valence-electron chi connectivity index (χ4n) is 2.46. The highest BCUT2D eigenvalue weighted by Gasteiger charge is 2.56. The van der Waals surface area contributed by atoms with Gasteiger partial charge < -0.3 is 10.6 Å². The van der Waals surface area contributed by atoms with E-state index in [1.165, 1.54) is 0 Å². The molecule has 5 heteroatoms. The van der Waals surface area contributed by atoms with E-state index in [1.807, 2.05) is 39.8 Å². The molecule has 1 saturated carbocycles. The van der Waals surface area contributed by atoms with Crippen LogP contribution in [0.25, 0.3) is 0 Å². The topological polar surface area (TPSA) is 58.2 Å². The number of nitrogens with one attached hydrogen (secondary N) is 2. The zero-order valence-electron chi connectivity index (χ0n) is 13.5. The molecule has 1 aromatic carbocycles. The van der Waals surface area contributed by atoms with Crippen LogP contribution in [-0.2, 0) is 9.59 Å². The Bertz CT molecular complexity index is 584. The minimum atomic E-state index is -0.921. The lowest BCUT2D eigenvalue weighted by Crippen LogP contribution is -2.41. The first-order valence-electron chi connectivity index (χ1n) is 7.63. The molecule has 1 aliphatic carbocycles. The molecule has 1 aromatic rings. The van der Waals surface area contributed by atoms with Crippen LogP contribution >= 0.6 is 11.6 Å². The molecular weight excluding hydrogens is 300 g/mol. The van der Waals surface area contributed by atoms with Crippen LogP contribution in [0.2, 0.25) is 5.02 Å². The van der Waals surface area contributed by atoms with Crippen LogP contribution < -0.4 is 10.6 Å². The molecule has 0 aliphatic heterocycles. The predicted octanol–water partition coefficient (Wildman–Crippen LogP) is 3.45. The van der Waals surface area contributed by atoms with E-state index in [0.29, 0.717) is 36.0 Å². The van der Waals surface area contributed by atoms with Crippen LogP contribution in [0, 0.1) is 25.2 Å². The summed E-state index contributed by atoms with van der Waals surface area (Å²) in [5.74, 6) is -0.0844. The van der Waals surface area contributed by atoms with Gasteiger partial charge >= 0.3 is 0 Å². The van der Waals surface area contributed by atoms with Gasteiger partial charge in [-0.3, -0.25) is 9.59 Å². The molecule has 120 valence electrons. The number of carbonyl (C=O) groups is 2. The zero-order valence-corrected chi connectivity index (χ0v) is 14.3. The van der Waals surface area contributed by atoms with Gasteiger partial charge in [0.2, 0.25) is 11.8 Å². The molecule has 2 amide bonds. The first-order chi connectivity index (χ1) is 10.3. The molecule has 2 N–H and O–H groups in total. The minimum Gasteiger partial charge on any atom is -0.355 e. The molecule has 0 bridgehead atoms. The Balaban J connectivity index is 2.11. The first-order valence-corrected chi connectivity index (χ1v) is 8.00. The maximum Gasteiger partial charge on any atom is 0.240 e. The van der Waals surface area contributed by atoms with Gasteiger partial charge in [0.25, 0.3) is 0 Å². The molecule has 4 nitrogen and oxygen atoms in total. The summed E-state index contributed by atoms with van der Waals surface area (Å²) in [4.78, 5) is 24.8. The summed E-state index contributed by atoms with van der Waals surface area (Å²) in [6, 6.07) is 3.77. The molecule has 0 saturated heterocycles. The SMILES string of the molecule is Cc1cc(C)c(NC(=O)C2(C(=O)NCC(C)C)CC2)c(Cl)c1. The van der Waals surface area contributed by atoms with Crippen molar-refractivity contribution in [3.05, 3.63) is 28.3 Å². The molecule has 2 rings (SSSR count). The third-order valence-corrected chi connectivity index (χ3v) is 4.26. The molecule has 1 aliphatic rings. The Morgan fingerprint density at radius 3 is 2.36 bits per heavy atom. The van der Waals surface area contributed by atoms with Crippen molar-refractivity contribution in [2.24, 2.45) is 11.3 Å². The first kappa shape index (κ1) is 16.8.